The van der Waals surface area contributed by atoms with Crippen LogP contribution in [-0.2, 0) is 4.79 Å². The Hall–Kier alpha value is -1.43. The fourth-order valence-corrected chi connectivity index (χ4v) is 5.06. The summed E-state index contributed by atoms with van der Waals surface area (Å²) in [4.78, 5) is 16.1. The van der Waals surface area contributed by atoms with Crippen molar-refractivity contribution in [3.63, 3.8) is 0 Å². The molecule has 1 saturated heterocycles. The van der Waals surface area contributed by atoms with Gasteiger partial charge in [-0.1, -0.05) is 12.1 Å². The van der Waals surface area contributed by atoms with Gasteiger partial charge < -0.3 is 10.0 Å². The molecule has 2 aromatic heterocycles. The molecule has 0 aliphatic carbocycles. The fraction of sp³-hybridized carbons (Fsp3) is 0.421. The van der Waals surface area contributed by atoms with Gasteiger partial charge in [0.15, 0.2) is 0 Å². The van der Waals surface area contributed by atoms with Crippen molar-refractivity contribution in [3.05, 3.63) is 50.4 Å². The van der Waals surface area contributed by atoms with E-state index in [9.17, 15) is 9.90 Å². The minimum atomic E-state index is -0.649. The van der Waals surface area contributed by atoms with E-state index in [1.165, 1.54) is 20.9 Å². The SMILES string of the molecule is Cc1ccsc1/C(=C/CCN1CCCC(C(=O)O)C1)c1cccs1. The standard InChI is InChI=1S/C19H23NO2S2/c1-14-8-12-24-18(14)16(17-7-4-11-23-17)6-3-10-20-9-2-5-15(13-20)19(21)22/h4,6-8,11-12,15H,2-3,5,9-10,13H2,1H3,(H,21,22)/b16-6+. The molecule has 5 heteroatoms. The third kappa shape index (κ3) is 4.15. The van der Waals surface area contributed by atoms with Crippen LogP contribution in [-0.4, -0.2) is 35.6 Å². The van der Waals surface area contributed by atoms with Gasteiger partial charge in [-0.2, -0.15) is 0 Å². The Balaban J connectivity index is 1.68. The van der Waals surface area contributed by atoms with E-state index in [-0.39, 0.29) is 5.92 Å². The normalized spacial score (nSPS) is 19.5. The zero-order valence-corrected chi connectivity index (χ0v) is 15.5. The lowest BCUT2D eigenvalue weighted by Gasteiger charge is -2.30. The molecule has 3 rings (SSSR count). The van der Waals surface area contributed by atoms with E-state index in [4.69, 9.17) is 0 Å². The Bertz CT molecular complexity index is 703. The average molecular weight is 362 g/mol. The number of piperidine rings is 1. The highest BCUT2D eigenvalue weighted by Gasteiger charge is 2.24. The number of thiophene rings is 2. The molecular weight excluding hydrogens is 338 g/mol. The summed E-state index contributed by atoms with van der Waals surface area (Å²) >= 11 is 3.57. The molecule has 0 amide bonds. The van der Waals surface area contributed by atoms with Crippen molar-refractivity contribution in [1.82, 2.24) is 4.90 Å². The van der Waals surface area contributed by atoms with Gasteiger partial charge in [0.25, 0.3) is 0 Å². The van der Waals surface area contributed by atoms with Crippen molar-refractivity contribution in [2.45, 2.75) is 26.2 Å². The highest BCUT2D eigenvalue weighted by molar-refractivity contribution is 7.13. The number of carboxylic acids is 1. The van der Waals surface area contributed by atoms with Crippen molar-refractivity contribution < 1.29 is 9.90 Å². The van der Waals surface area contributed by atoms with Crippen LogP contribution in [0.3, 0.4) is 0 Å². The topological polar surface area (TPSA) is 40.5 Å². The molecular formula is C19H23NO2S2. The number of rotatable bonds is 6. The van der Waals surface area contributed by atoms with Gasteiger partial charge >= 0.3 is 5.97 Å². The Morgan fingerprint density at radius 2 is 2.25 bits per heavy atom. The first kappa shape index (κ1) is 17.4. The van der Waals surface area contributed by atoms with Crippen molar-refractivity contribution in [2.24, 2.45) is 5.92 Å². The molecule has 1 unspecified atom stereocenters. The first-order chi connectivity index (χ1) is 11.6. The number of likely N-dealkylation sites (tertiary alicyclic amines) is 1. The van der Waals surface area contributed by atoms with Crippen LogP contribution in [0.5, 0.6) is 0 Å². The second-order valence-corrected chi connectivity index (χ2v) is 8.16. The molecule has 1 fully saturated rings. The summed E-state index contributed by atoms with van der Waals surface area (Å²) in [6.07, 6.45) is 5.09. The van der Waals surface area contributed by atoms with E-state index in [0.717, 1.165) is 32.4 Å². The second kappa shape index (κ2) is 8.10. The highest BCUT2D eigenvalue weighted by atomic mass is 32.1. The molecule has 1 aliphatic heterocycles. The van der Waals surface area contributed by atoms with Crippen LogP contribution in [0.15, 0.2) is 35.0 Å². The van der Waals surface area contributed by atoms with Gasteiger partial charge in [0.2, 0.25) is 0 Å². The molecule has 1 atom stereocenters. The van der Waals surface area contributed by atoms with E-state index in [0.29, 0.717) is 6.54 Å². The maximum absolute atomic E-state index is 11.2. The van der Waals surface area contributed by atoms with E-state index in [1.54, 1.807) is 22.7 Å². The molecule has 0 radical (unpaired) electrons. The smallest absolute Gasteiger partial charge is 0.307 e. The molecule has 1 aliphatic rings. The lowest BCUT2D eigenvalue weighted by molar-refractivity contribution is -0.143. The van der Waals surface area contributed by atoms with Crippen molar-refractivity contribution in [2.75, 3.05) is 19.6 Å². The van der Waals surface area contributed by atoms with E-state index in [2.05, 4.69) is 46.9 Å². The van der Waals surface area contributed by atoms with Gasteiger partial charge in [-0.15, -0.1) is 22.7 Å². The molecule has 128 valence electrons. The predicted octanol–water partition coefficient (Wildman–Crippen LogP) is 4.74. The molecule has 1 N–H and O–H groups in total. The van der Waals surface area contributed by atoms with Gasteiger partial charge in [-0.25, -0.2) is 0 Å². The van der Waals surface area contributed by atoms with Crippen LogP contribution in [0.4, 0.5) is 0 Å². The molecule has 3 nitrogen and oxygen atoms in total. The van der Waals surface area contributed by atoms with Gasteiger partial charge in [0.1, 0.15) is 0 Å². The van der Waals surface area contributed by atoms with Gasteiger partial charge in [0.05, 0.1) is 5.92 Å². The molecule has 2 aromatic rings. The fourth-order valence-electron chi connectivity index (χ4n) is 3.24. The average Bonchev–Trinajstić information content (AvgIpc) is 3.24. The van der Waals surface area contributed by atoms with E-state index in [1.807, 2.05) is 0 Å². The second-order valence-electron chi connectivity index (χ2n) is 6.29. The molecule has 24 heavy (non-hydrogen) atoms. The van der Waals surface area contributed by atoms with E-state index < -0.39 is 5.97 Å². The van der Waals surface area contributed by atoms with Crippen LogP contribution in [0.1, 0.15) is 34.6 Å². The number of nitrogens with zero attached hydrogens (tertiary/aromatic N) is 1. The number of hydrogen-bond acceptors (Lipinski definition) is 4. The first-order valence-electron chi connectivity index (χ1n) is 8.39. The first-order valence-corrected chi connectivity index (χ1v) is 10.1. The maximum Gasteiger partial charge on any atom is 0.307 e. The van der Waals surface area contributed by atoms with Crippen molar-refractivity contribution in [1.29, 1.82) is 0 Å². The minimum absolute atomic E-state index is 0.195. The largest absolute Gasteiger partial charge is 0.481 e. The van der Waals surface area contributed by atoms with Gasteiger partial charge in [-0.3, -0.25) is 4.79 Å². The number of carboxylic acid groups (broad SMARTS) is 1. The summed E-state index contributed by atoms with van der Waals surface area (Å²) < 4.78 is 0. The summed E-state index contributed by atoms with van der Waals surface area (Å²) in [5.41, 5.74) is 2.65. The van der Waals surface area contributed by atoms with Crippen LogP contribution < -0.4 is 0 Å². The zero-order chi connectivity index (χ0) is 16.9. The summed E-state index contributed by atoms with van der Waals surface area (Å²) in [7, 11) is 0. The molecule has 0 saturated carbocycles. The van der Waals surface area contributed by atoms with Crippen molar-refractivity contribution >= 4 is 34.2 Å². The lowest BCUT2D eigenvalue weighted by atomic mass is 9.98. The highest BCUT2D eigenvalue weighted by Crippen LogP contribution is 2.33. The minimum Gasteiger partial charge on any atom is -0.481 e. The molecule has 0 aromatic carbocycles. The lowest BCUT2D eigenvalue weighted by Crippen LogP contribution is -2.39. The van der Waals surface area contributed by atoms with Crippen LogP contribution in [0.25, 0.3) is 5.57 Å². The zero-order valence-electron chi connectivity index (χ0n) is 13.9. The molecule has 3 heterocycles. The Morgan fingerprint density at radius 3 is 2.92 bits per heavy atom. The Morgan fingerprint density at radius 1 is 1.38 bits per heavy atom. The van der Waals surface area contributed by atoms with Crippen LogP contribution in [0.2, 0.25) is 0 Å². The monoisotopic (exact) mass is 361 g/mol. The molecule has 0 spiro atoms. The third-order valence-corrected chi connectivity index (χ3v) is 6.49. The van der Waals surface area contributed by atoms with E-state index >= 15 is 0 Å². The summed E-state index contributed by atoms with van der Waals surface area (Å²) in [5, 5.41) is 13.5. The third-order valence-electron chi connectivity index (χ3n) is 4.54. The summed E-state index contributed by atoms with van der Waals surface area (Å²) in [6, 6.07) is 6.44. The van der Waals surface area contributed by atoms with Gasteiger partial charge in [0, 0.05) is 28.4 Å². The maximum atomic E-state index is 11.2. The Kier molecular flexibility index (Phi) is 5.87. The quantitative estimate of drug-likeness (QED) is 0.808. The summed E-state index contributed by atoms with van der Waals surface area (Å²) in [5.74, 6) is -0.845. The van der Waals surface area contributed by atoms with Crippen LogP contribution in [0, 0.1) is 12.8 Å². The van der Waals surface area contributed by atoms with Crippen LogP contribution >= 0.6 is 22.7 Å². The number of aliphatic carboxylic acids is 1. The number of aryl methyl sites for hydroxylation is 1. The summed E-state index contributed by atoms with van der Waals surface area (Å²) in [6.45, 7) is 4.80. The number of carbonyl (C=O) groups is 1. The number of hydrogen-bond donors (Lipinski definition) is 1. The Labute approximate surface area is 151 Å². The van der Waals surface area contributed by atoms with Gasteiger partial charge in [-0.05, 0) is 61.2 Å². The van der Waals surface area contributed by atoms with Crippen molar-refractivity contribution in [3.8, 4) is 0 Å². The predicted molar refractivity (Wildman–Crippen MR) is 102 cm³/mol. The molecule has 0 bridgehead atoms.